The van der Waals surface area contributed by atoms with Crippen molar-refractivity contribution in [3.63, 3.8) is 0 Å². The Morgan fingerprint density at radius 1 is 1.27 bits per heavy atom. The van der Waals surface area contributed by atoms with E-state index in [2.05, 4.69) is 20.7 Å². The zero-order valence-electron chi connectivity index (χ0n) is 13.0. The number of rotatable bonds is 6. The first kappa shape index (κ1) is 16.9. The molecule has 0 radical (unpaired) electrons. The summed E-state index contributed by atoms with van der Waals surface area (Å²) in [5.74, 6) is 0. The Bertz CT molecular complexity index is 486. The van der Waals surface area contributed by atoms with Gasteiger partial charge in [-0.1, -0.05) is 30.3 Å². The Balaban J connectivity index is 1.61. The summed E-state index contributed by atoms with van der Waals surface area (Å²) in [6.45, 7) is 7.64. The monoisotopic (exact) mass is 320 g/mol. The zero-order chi connectivity index (χ0) is 15.6. The molecule has 2 N–H and O–H groups in total. The van der Waals surface area contributed by atoms with Gasteiger partial charge in [0.2, 0.25) is 0 Å². The van der Waals surface area contributed by atoms with Crippen LogP contribution < -0.4 is 10.7 Å². The molecule has 1 aliphatic rings. The third-order valence-electron chi connectivity index (χ3n) is 3.56. The highest BCUT2D eigenvalue weighted by atomic mass is 32.1. The van der Waals surface area contributed by atoms with E-state index in [-0.39, 0.29) is 0 Å². The van der Waals surface area contributed by atoms with Crippen molar-refractivity contribution in [2.45, 2.75) is 13.3 Å². The normalized spacial score (nSPS) is 16.3. The molecule has 0 unspecified atom stereocenters. The molecule has 1 fully saturated rings. The Kier molecular flexibility index (Phi) is 7.28. The van der Waals surface area contributed by atoms with Gasteiger partial charge in [0.15, 0.2) is 5.11 Å². The van der Waals surface area contributed by atoms with Crippen LogP contribution in [0.5, 0.6) is 0 Å². The second kappa shape index (κ2) is 9.50. The first-order valence-corrected chi connectivity index (χ1v) is 8.10. The van der Waals surface area contributed by atoms with Gasteiger partial charge >= 0.3 is 0 Å². The molecular formula is C16H24N4OS. The number of ether oxygens (including phenoxy) is 1. The van der Waals surface area contributed by atoms with Crippen molar-refractivity contribution in [2.75, 3.05) is 39.4 Å². The molecule has 5 nitrogen and oxygen atoms in total. The topological polar surface area (TPSA) is 48.9 Å². The van der Waals surface area contributed by atoms with Crippen LogP contribution in [0.1, 0.15) is 18.9 Å². The van der Waals surface area contributed by atoms with Crippen LogP contribution in [0, 0.1) is 0 Å². The average Bonchev–Trinajstić information content (AvgIpc) is 2.58. The van der Waals surface area contributed by atoms with E-state index in [9.17, 15) is 0 Å². The van der Waals surface area contributed by atoms with Gasteiger partial charge in [0, 0.05) is 19.6 Å². The lowest BCUT2D eigenvalue weighted by molar-refractivity contribution is 0.0376. The largest absolute Gasteiger partial charge is 0.379 e. The number of hydrazone groups is 1. The van der Waals surface area contributed by atoms with Gasteiger partial charge in [-0.05, 0) is 37.7 Å². The molecule has 0 amide bonds. The van der Waals surface area contributed by atoms with Crippen molar-refractivity contribution in [1.82, 2.24) is 15.6 Å². The van der Waals surface area contributed by atoms with Gasteiger partial charge < -0.3 is 10.1 Å². The molecule has 0 aromatic heterocycles. The second-order valence-corrected chi connectivity index (χ2v) is 5.65. The standard InChI is InChI=1S/C16H24N4OS/c1-14(15-6-3-2-4-7-15)18-19-16(22)17-8-5-9-20-10-12-21-13-11-20/h2-4,6-7H,5,8-13H2,1H3,(H2,17,19,22)/b18-14+. The fraction of sp³-hybridized carbons (Fsp3) is 0.500. The average molecular weight is 320 g/mol. The Labute approximate surface area is 137 Å². The predicted molar refractivity (Wildman–Crippen MR) is 94.3 cm³/mol. The van der Waals surface area contributed by atoms with E-state index in [4.69, 9.17) is 17.0 Å². The summed E-state index contributed by atoms with van der Waals surface area (Å²) < 4.78 is 5.33. The SMILES string of the molecule is C/C(=N\NC(=S)NCCCN1CCOCC1)c1ccccc1. The van der Waals surface area contributed by atoms with Crippen LogP contribution in [-0.2, 0) is 4.74 Å². The first-order valence-electron chi connectivity index (χ1n) is 7.69. The van der Waals surface area contributed by atoms with Gasteiger partial charge in [0.05, 0.1) is 18.9 Å². The fourth-order valence-electron chi connectivity index (χ4n) is 2.25. The van der Waals surface area contributed by atoms with Gasteiger partial charge in [-0.25, -0.2) is 0 Å². The minimum Gasteiger partial charge on any atom is -0.379 e. The zero-order valence-corrected chi connectivity index (χ0v) is 13.9. The predicted octanol–water partition coefficient (Wildman–Crippen LogP) is 1.60. The van der Waals surface area contributed by atoms with Gasteiger partial charge in [-0.3, -0.25) is 10.3 Å². The Morgan fingerprint density at radius 2 is 2.00 bits per heavy atom. The summed E-state index contributed by atoms with van der Waals surface area (Å²) >= 11 is 5.23. The van der Waals surface area contributed by atoms with Crippen LogP contribution >= 0.6 is 12.2 Å². The smallest absolute Gasteiger partial charge is 0.186 e. The van der Waals surface area contributed by atoms with E-state index in [1.54, 1.807) is 0 Å². The van der Waals surface area contributed by atoms with Gasteiger partial charge in [-0.15, -0.1) is 0 Å². The lowest BCUT2D eigenvalue weighted by Crippen LogP contribution is -2.39. The molecule has 1 heterocycles. The molecule has 6 heteroatoms. The minimum atomic E-state index is 0.567. The Hall–Kier alpha value is -1.50. The number of hydrogen-bond donors (Lipinski definition) is 2. The highest BCUT2D eigenvalue weighted by Crippen LogP contribution is 2.00. The summed E-state index contributed by atoms with van der Waals surface area (Å²) in [6, 6.07) is 10.0. The molecule has 0 bridgehead atoms. The van der Waals surface area contributed by atoms with Gasteiger partial charge in [0.1, 0.15) is 0 Å². The summed E-state index contributed by atoms with van der Waals surface area (Å²) in [7, 11) is 0. The maximum Gasteiger partial charge on any atom is 0.186 e. The van der Waals surface area contributed by atoms with E-state index in [1.807, 2.05) is 37.3 Å². The molecule has 0 aliphatic carbocycles. The van der Waals surface area contributed by atoms with Crippen LogP contribution in [0.4, 0.5) is 0 Å². The molecule has 0 atom stereocenters. The van der Waals surface area contributed by atoms with Gasteiger partial charge in [-0.2, -0.15) is 5.10 Å². The maximum absolute atomic E-state index is 5.33. The second-order valence-electron chi connectivity index (χ2n) is 5.24. The van der Waals surface area contributed by atoms with E-state index >= 15 is 0 Å². The lowest BCUT2D eigenvalue weighted by Gasteiger charge is -2.26. The van der Waals surface area contributed by atoms with Crippen molar-refractivity contribution >= 4 is 23.0 Å². The summed E-state index contributed by atoms with van der Waals surface area (Å²) in [5, 5.41) is 8.05. The van der Waals surface area contributed by atoms with Crippen molar-refractivity contribution in [2.24, 2.45) is 5.10 Å². The number of nitrogens with one attached hydrogen (secondary N) is 2. The van der Waals surface area contributed by atoms with Gasteiger partial charge in [0.25, 0.3) is 0 Å². The minimum absolute atomic E-state index is 0.567. The number of hydrogen-bond acceptors (Lipinski definition) is 4. The lowest BCUT2D eigenvalue weighted by atomic mass is 10.1. The van der Waals surface area contributed by atoms with Crippen LogP contribution in [0.3, 0.4) is 0 Å². The molecule has 0 spiro atoms. The highest BCUT2D eigenvalue weighted by molar-refractivity contribution is 7.80. The molecule has 120 valence electrons. The summed E-state index contributed by atoms with van der Waals surface area (Å²) in [5.41, 5.74) is 4.90. The van der Waals surface area contributed by atoms with Crippen molar-refractivity contribution < 1.29 is 4.74 Å². The van der Waals surface area contributed by atoms with Crippen LogP contribution in [0.2, 0.25) is 0 Å². The highest BCUT2D eigenvalue weighted by Gasteiger charge is 2.09. The number of thiocarbonyl (C=S) groups is 1. The van der Waals surface area contributed by atoms with E-state index in [0.717, 1.165) is 57.1 Å². The number of nitrogens with zero attached hydrogens (tertiary/aromatic N) is 2. The Morgan fingerprint density at radius 3 is 2.73 bits per heavy atom. The van der Waals surface area contributed by atoms with Crippen molar-refractivity contribution in [1.29, 1.82) is 0 Å². The molecule has 1 aromatic carbocycles. The number of morpholine rings is 1. The third-order valence-corrected chi connectivity index (χ3v) is 3.79. The third kappa shape index (κ3) is 6.09. The first-order chi connectivity index (χ1) is 10.8. The number of benzene rings is 1. The van der Waals surface area contributed by atoms with Crippen LogP contribution in [0.15, 0.2) is 35.4 Å². The molecule has 2 rings (SSSR count). The van der Waals surface area contributed by atoms with Crippen LogP contribution in [0.25, 0.3) is 0 Å². The van der Waals surface area contributed by atoms with E-state index in [1.165, 1.54) is 0 Å². The molecule has 1 aliphatic heterocycles. The van der Waals surface area contributed by atoms with Crippen molar-refractivity contribution in [3.8, 4) is 0 Å². The molecular weight excluding hydrogens is 296 g/mol. The summed E-state index contributed by atoms with van der Waals surface area (Å²) in [4.78, 5) is 2.42. The molecule has 1 saturated heterocycles. The molecule has 22 heavy (non-hydrogen) atoms. The van der Waals surface area contributed by atoms with Crippen molar-refractivity contribution in [3.05, 3.63) is 35.9 Å². The molecule has 0 saturated carbocycles. The fourth-order valence-corrected chi connectivity index (χ4v) is 2.40. The van der Waals surface area contributed by atoms with E-state index in [0.29, 0.717) is 5.11 Å². The van der Waals surface area contributed by atoms with Crippen LogP contribution in [-0.4, -0.2) is 55.1 Å². The summed E-state index contributed by atoms with van der Waals surface area (Å²) in [6.07, 6.45) is 1.06. The quantitative estimate of drug-likeness (QED) is 0.361. The molecule has 1 aromatic rings. The maximum atomic E-state index is 5.33. The van der Waals surface area contributed by atoms with E-state index < -0.39 is 0 Å².